The van der Waals surface area contributed by atoms with Gasteiger partial charge in [0.05, 0.1) is 11.0 Å². The molecule has 3 heterocycles. The predicted octanol–water partition coefficient (Wildman–Crippen LogP) is 2.32. The summed E-state index contributed by atoms with van der Waals surface area (Å²) in [7, 11) is 0. The molecule has 1 amide bonds. The van der Waals surface area contributed by atoms with Crippen molar-refractivity contribution >= 4 is 22.8 Å². The number of aromatic nitrogens is 4. The average molecular weight is 311 g/mol. The molecular weight excluding hydrogens is 294 g/mol. The number of anilines is 1. The number of carbonyl (C=O) groups excluding carboxylic acids is 1. The summed E-state index contributed by atoms with van der Waals surface area (Å²) in [5.41, 5.74) is 2.60. The fourth-order valence-electron chi connectivity index (χ4n) is 2.78. The van der Waals surface area contributed by atoms with Gasteiger partial charge in [-0.15, -0.1) is 0 Å². The first-order valence-corrected chi connectivity index (χ1v) is 7.69. The third kappa shape index (κ3) is 2.83. The van der Waals surface area contributed by atoms with E-state index in [0.29, 0.717) is 24.9 Å². The molecule has 0 saturated carbocycles. The molecule has 0 unspecified atom stereocenters. The van der Waals surface area contributed by atoms with Crippen LogP contribution in [0.5, 0.6) is 0 Å². The fraction of sp³-hybridized carbons (Fsp3) is 0.312. The molecule has 7 nitrogen and oxygen atoms in total. The van der Waals surface area contributed by atoms with Crippen LogP contribution in [0.1, 0.15) is 12.8 Å². The molecule has 23 heavy (non-hydrogen) atoms. The van der Waals surface area contributed by atoms with Crippen LogP contribution in [0.4, 0.5) is 5.82 Å². The summed E-state index contributed by atoms with van der Waals surface area (Å²) < 4.78 is 5.28. The summed E-state index contributed by atoms with van der Waals surface area (Å²) in [4.78, 5) is 19.9. The second-order valence-electron chi connectivity index (χ2n) is 5.65. The number of imidazole rings is 1. The Morgan fingerprint density at radius 1 is 1.26 bits per heavy atom. The quantitative estimate of drug-likeness (QED) is 0.691. The lowest BCUT2D eigenvalue weighted by Gasteiger charge is -2.20. The van der Waals surface area contributed by atoms with Gasteiger partial charge in [-0.2, -0.15) is 5.10 Å². The van der Waals surface area contributed by atoms with E-state index in [9.17, 15) is 4.79 Å². The summed E-state index contributed by atoms with van der Waals surface area (Å²) in [6.07, 6.45) is 1.51. The molecule has 3 aromatic rings. The minimum Gasteiger partial charge on any atom is -0.381 e. The number of nitrogens with zero attached hydrogens (tertiary/aromatic N) is 2. The monoisotopic (exact) mass is 311 g/mol. The molecule has 1 saturated heterocycles. The van der Waals surface area contributed by atoms with Crippen molar-refractivity contribution in [3.8, 4) is 11.5 Å². The number of benzene rings is 1. The number of amides is 1. The average Bonchev–Trinajstić information content (AvgIpc) is 3.21. The molecule has 0 aliphatic carbocycles. The van der Waals surface area contributed by atoms with Crippen LogP contribution in [-0.4, -0.2) is 39.3 Å². The number of ether oxygens (including phenoxy) is 1. The van der Waals surface area contributed by atoms with Gasteiger partial charge in [0.2, 0.25) is 5.91 Å². The highest BCUT2D eigenvalue weighted by Crippen LogP contribution is 2.22. The zero-order chi connectivity index (χ0) is 15.6. The van der Waals surface area contributed by atoms with Crippen LogP contribution < -0.4 is 5.32 Å². The standard InChI is InChI=1S/C16H17N5O2/c22-16(10-5-7-23-8-6-10)19-14-9-13(20-21-14)15-17-11-3-1-2-4-12(11)18-15/h1-4,9-10H,5-8H2,(H,17,18)(H2,19,20,21,22). The number of nitrogens with one attached hydrogen (secondary N) is 3. The van der Waals surface area contributed by atoms with Crippen LogP contribution in [0.3, 0.4) is 0 Å². The van der Waals surface area contributed by atoms with Crippen LogP contribution in [-0.2, 0) is 9.53 Å². The number of hydrogen-bond acceptors (Lipinski definition) is 4. The van der Waals surface area contributed by atoms with E-state index in [1.165, 1.54) is 0 Å². The summed E-state index contributed by atoms with van der Waals surface area (Å²) in [5.74, 6) is 1.20. The molecule has 0 spiro atoms. The van der Waals surface area contributed by atoms with Gasteiger partial charge in [-0.05, 0) is 25.0 Å². The highest BCUT2D eigenvalue weighted by molar-refractivity contribution is 5.92. The number of rotatable bonds is 3. The second kappa shape index (κ2) is 5.85. The number of H-pyrrole nitrogens is 2. The minimum absolute atomic E-state index is 0.00374. The molecule has 1 aliphatic rings. The normalized spacial score (nSPS) is 15.8. The number of fused-ring (bicyclic) bond motifs is 1. The van der Waals surface area contributed by atoms with E-state index >= 15 is 0 Å². The Kier molecular flexibility index (Phi) is 3.55. The van der Waals surface area contributed by atoms with Gasteiger partial charge in [0.25, 0.3) is 0 Å². The highest BCUT2D eigenvalue weighted by atomic mass is 16.5. The minimum atomic E-state index is -0.00454. The summed E-state index contributed by atoms with van der Waals surface area (Å²) in [5, 5.41) is 9.91. The van der Waals surface area contributed by atoms with Crippen LogP contribution in [0.25, 0.3) is 22.6 Å². The Morgan fingerprint density at radius 2 is 2.09 bits per heavy atom. The first-order valence-electron chi connectivity index (χ1n) is 7.69. The first kappa shape index (κ1) is 14.0. The van der Waals surface area contributed by atoms with E-state index in [2.05, 4.69) is 25.5 Å². The molecular formula is C16H17N5O2. The Labute approximate surface area is 132 Å². The second-order valence-corrected chi connectivity index (χ2v) is 5.65. The SMILES string of the molecule is O=C(Nc1cc(-c2nc3ccccc3[nH]2)[nH]n1)C1CCOCC1. The predicted molar refractivity (Wildman–Crippen MR) is 85.8 cm³/mol. The molecule has 2 aromatic heterocycles. The lowest BCUT2D eigenvalue weighted by Crippen LogP contribution is -2.28. The van der Waals surface area contributed by atoms with Crippen LogP contribution >= 0.6 is 0 Å². The molecule has 1 aromatic carbocycles. The van der Waals surface area contributed by atoms with E-state index in [0.717, 1.165) is 29.6 Å². The third-order valence-corrected chi connectivity index (χ3v) is 4.07. The molecule has 3 N–H and O–H groups in total. The van der Waals surface area contributed by atoms with Gasteiger partial charge in [-0.3, -0.25) is 9.89 Å². The van der Waals surface area contributed by atoms with Gasteiger partial charge in [0, 0.05) is 25.2 Å². The zero-order valence-electron chi connectivity index (χ0n) is 12.5. The molecule has 1 aliphatic heterocycles. The summed E-state index contributed by atoms with van der Waals surface area (Å²) in [6, 6.07) is 9.60. The largest absolute Gasteiger partial charge is 0.381 e. The zero-order valence-corrected chi connectivity index (χ0v) is 12.5. The number of carbonyl (C=O) groups is 1. The van der Waals surface area contributed by atoms with Gasteiger partial charge in [0.1, 0.15) is 5.69 Å². The Balaban J connectivity index is 1.51. The Bertz CT molecular complexity index is 799. The van der Waals surface area contributed by atoms with Crippen molar-refractivity contribution in [3.05, 3.63) is 30.3 Å². The molecule has 0 atom stereocenters. The van der Waals surface area contributed by atoms with Crippen molar-refractivity contribution in [2.24, 2.45) is 5.92 Å². The van der Waals surface area contributed by atoms with Gasteiger partial charge < -0.3 is 15.0 Å². The third-order valence-electron chi connectivity index (χ3n) is 4.07. The van der Waals surface area contributed by atoms with Crippen LogP contribution in [0.2, 0.25) is 0 Å². The molecule has 118 valence electrons. The van der Waals surface area contributed by atoms with Crippen molar-refractivity contribution in [3.63, 3.8) is 0 Å². The van der Waals surface area contributed by atoms with Crippen LogP contribution in [0.15, 0.2) is 30.3 Å². The lowest BCUT2D eigenvalue weighted by atomic mass is 9.99. The number of para-hydroxylation sites is 2. The summed E-state index contributed by atoms with van der Waals surface area (Å²) >= 11 is 0. The topological polar surface area (TPSA) is 95.7 Å². The Morgan fingerprint density at radius 3 is 2.91 bits per heavy atom. The maximum atomic E-state index is 12.2. The van der Waals surface area contributed by atoms with E-state index in [1.807, 2.05) is 24.3 Å². The first-order chi connectivity index (χ1) is 11.3. The Hall–Kier alpha value is -2.67. The van der Waals surface area contributed by atoms with E-state index in [1.54, 1.807) is 6.07 Å². The summed E-state index contributed by atoms with van der Waals surface area (Å²) in [6.45, 7) is 1.28. The molecule has 4 rings (SSSR count). The maximum absolute atomic E-state index is 12.2. The molecule has 7 heteroatoms. The lowest BCUT2D eigenvalue weighted by molar-refractivity contribution is -0.122. The molecule has 1 fully saturated rings. The van der Waals surface area contributed by atoms with Crippen molar-refractivity contribution in [2.45, 2.75) is 12.8 Å². The van der Waals surface area contributed by atoms with Crippen LogP contribution in [0, 0.1) is 5.92 Å². The van der Waals surface area contributed by atoms with Crippen molar-refractivity contribution in [1.82, 2.24) is 20.2 Å². The van der Waals surface area contributed by atoms with Crippen molar-refractivity contribution in [2.75, 3.05) is 18.5 Å². The number of aromatic amines is 2. The maximum Gasteiger partial charge on any atom is 0.228 e. The van der Waals surface area contributed by atoms with E-state index in [4.69, 9.17) is 4.74 Å². The molecule has 0 bridgehead atoms. The smallest absolute Gasteiger partial charge is 0.228 e. The van der Waals surface area contributed by atoms with Crippen molar-refractivity contribution < 1.29 is 9.53 Å². The van der Waals surface area contributed by atoms with E-state index in [-0.39, 0.29) is 11.8 Å². The fourth-order valence-corrected chi connectivity index (χ4v) is 2.78. The van der Waals surface area contributed by atoms with Gasteiger partial charge in [-0.25, -0.2) is 4.98 Å². The van der Waals surface area contributed by atoms with Gasteiger partial charge in [-0.1, -0.05) is 12.1 Å². The highest BCUT2D eigenvalue weighted by Gasteiger charge is 2.22. The van der Waals surface area contributed by atoms with E-state index < -0.39 is 0 Å². The number of hydrogen-bond donors (Lipinski definition) is 3. The van der Waals surface area contributed by atoms with Gasteiger partial charge >= 0.3 is 0 Å². The van der Waals surface area contributed by atoms with Gasteiger partial charge in [0.15, 0.2) is 11.6 Å². The van der Waals surface area contributed by atoms with Crippen molar-refractivity contribution in [1.29, 1.82) is 0 Å². The molecule has 0 radical (unpaired) electrons.